The molecule has 0 saturated heterocycles. The number of aromatic nitrogens is 2. The molecule has 0 amide bonds. The molecule has 0 aliphatic rings. The minimum absolute atomic E-state index is 0.409. The van der Waals surface area contributed by atoms with Gasteiger partial charge in [0.1, 0.15) is 0 Å². The Hall–Kier alpha value is -1.91. The lowest BCUT2D eigenvalue weighted by molar-refractivity contribution is 0.147. The van der Waals surface area contributed by atoms with Crippen molar-refractivity contribution in [2.45, 2.75) is 32.5 Å². The third-order valence-electron chi connectivity index (χ3n) is 3.77. The molecule has 0 radical (unpaired) electrons. The average molecular weight is 299 g/mol. The minimum Gasteiger partial charge on any atom is -0.388 e. The third kappa shape index (κ3) is 4.55. The summed E-state index contributed by atoms with van der Waals surface area (Å²) in [5.74, 6) is 0. The van der Waals surface area contributed by atoms with E-state index in [9.17, 15) is 5.11 Å². The molecule has 1 unspecified atom stereocenters. The normalized spacial score (nSPS) is 12.5. The number of allylic oxidation sites excluding steroid dienone is 1. The summed E-state index contributed by atoms with van der Waals surface area (Å²) in [4.78, 5) is 2.22. The zero-order valence-corrected chi connectivity index (χ0v) is 13.4. The highest BCUT2D eigenvalue weighted by Crippen LogP contribution is 2.17. The number of hydrogen-bond donors (Lipinski definition) is 1. The Morgan fingerprint density at radius 3 is 2.77 bits per heavy atom. The number of aliphatic hydroxyl groups excluding tert-OH is 1. The van der Waals surface area contributed by atoms with Crippen LogP contribution in [0.15, 0.2) is 49.2 Å². The molecule has 0 spiro atoms. The number of nitrogens with zero attached hydrogens (tertiary/aromatic N) is 3. The lowest BCUT2D eigenvalue weighted by atomic mass is 10.1. The van der Waals surface area contributed by atoms with E-state index < -0.39 is 6.10 Å². The zero-order chi connectivity index (χ0) is 15.9. The van der Waals surface area contributed by atoms with Gasteiger partial charge < -0.3 is 10.0 Å². The van der Waals surface area contributed by atoms with Crippen molar-refractivity contribution >= 4 is 0 Å². The largest absolute Gasteiger partial charge is 0.388 e. The van der Waals surface area contributed by atoms with Crippen molar-refractivity contribution in [2.24, 2.45) is 0 Å². The fourth-order valence-corrected chi connectivity index (χ4v) is 2.49. The first-order chi connectivity index (χ1) is 10.6. The number of aliphatic hydroxyl groups is 1. The molecule has 0 aliphatic carbocycles. The van der Waals surface area contributed by atoms with E-state index in [0.717, 1.165) is 37.3 Å². The number of rotatable bonds is 8. The lowest BCUT2D eigenvalue weighted by Crippen LogP contribution is -2.21. The maximum atomic E-state index is 10.2. The third-order valence-corrected chi connectivity index (χ3v) is 3.77. The second-order valence-corrected chi connectivity index (χ2v) is 5.70. The van der Waals surface area contributed by atoms with E-state index in [4.69, 9.17) is 0 Å². The van der Waals surface area contributed by atoms with Gasteiger partial charge in [-0.25, -0.2) is 0 Å². The number of benzene rings is 1. The average Bonchev–Trinajstić information content (AvgIpc) is 2.86. The van der Waals surface area contributed by atoms with Crippen LogP contribution in [0.2, 0.25) is 0 Å². The van der Waals surface area contributed by atoms with Gasteiger partial charge in [0, 0.05) is 24.8 Å². The summed E-state index contributed by atoms with van der Waals surface area (Å²) >= 11 is 0. The quantitative estimate of drug-likeness (QED) is 0.762. The summed E-state index contributed by atoms with van der Waals surface area (Å²) < 4.78 is 1.91. The van der Waals surface area contributed by atoms with Gasteiger partial charge in [-0.1, -0.05) is 36.4 Å². The van der Waals surface area contributed by atoms with E-state index in [1.165, 1.54) is 5.56 Å². The van der Waals surface area contributed by atoms with Gasteiger partial charge in [0.2, 0.25) is 0 Å². The van der Waals surface area contributed by atoms with E-state index in [1.807, 2.05) is 48.0 Å². The lowest BCUT2D eigenvalue weighted by Gasteiger charge is -2.18. The molecule has 0 bridgehead atoms. The molecular formula is C18H25N3O. The summed E-state index contributed by atoms with van der Waals surface area (Å²) in [5.41, 5.74) is 3.25. The van der Waals surface area contributed by atoms with Crippen LogP contribution in [0, 0.1) is 6.92 Å². The van der Waals surface area contributed by atoms with E-state index in [2.05, 4.69) is 29.8 Å². The molecule has 1 heterocycles. The fraction of sp³-hybridized carbons (Fsp3) is 0.389. The molecule has 1 N–H and O–H groups in total. The monoisotopic (exact) mass is 299 g/mol. The number of hydrogen-bond acceptors (Lipinski definition) is 3. The van der Waals surface area contributed by atoms with Crippen LogP contribution in [0.3, 0.4) is 0 Å². The van der Waals surface area contributed by atoms with Crippen molar-refractivity contribution in [3.8, 4) is 0 Å². The van der Waals surface area contributed by atoms with Gasteiger partial charge in [-0.05, 0) is 26.0 Å². The van der Waals surface area contributed by atoms with Crippen LogP contribution in [0.5, 0.6) is 0 Å². The molecule has 1 aromatic heterocycles. The molecule has 22 heavy (non-hydrogen) atoms. The van der Waals surface area contributed by atoms with Gasteiger partial charge >= 0.3 is 0 Å². The minimum atomic E-state index is -0.409. The molecule has 1 atom stereocenters. The van der Waals surface area contributed by atoms with Crippen LogP contribution in [-0.4, -0.2) is 33.4 Å². The van der Waals surface area contributed by atoms with Crippen LogP contribution in [-0.2, 0) is 13.1 Å². The van der Waals surface area contributed by atoms with E-state index in [-0.39, 0.29) is 0 Å². The molecular weight excluding hydrogens is 274 g/mol. The summed E-state index contributed by atoms with van der Waals surface area (Å²) in [6, 6.07) is 9.81. The van der Waals surface area contributed by atoms with Crippen molar-refractivity contribution in [1.29, 1.82) is 0 Å². The maximum Gasteiger partial charge on any atom is 0.0802 e. The van der Waals surface area contributed by atoms with Gasteiger partial charge in [-0.2, -0.15) is 5.10 Å². The molecule has 0 fully saturated rings. The van der Waals surface area contributed by atoms with E-state index in [0.29, 0.717) is 0 Å². The summed E-state index contributed by atoms with van der Waals surface area (Å²) in [5, 5.41) is 14.7. The Labute approximate surface area is 132 Å². The molecule has 2 rings (SSSR count). The smallest absolute Gasteiger partial charge is 0.0802 e. The van der Waals surface area contributed by atoms with Crippen LogP contribution in [0.4, 0.5) is 0 Å². The highest BCUT2D eigenvalue weighted by molar-refractivity contribution is 5.17. The maximum absolute atomic E-state index is 10.2. The topological polar surface area (TPSA) is 41.3 Å². The Morgan fingerprint density at radius 2 is 2.09 bits per heavy atom. The first kappa shape index (κ1) is 16.5. The molecule has 118 valence electrons. The summed E-state index contributed by atoms with van der Waals surface area (Å²) in [6.45, 7) is 8.17. The van der Waals surface area contributed by atoms with Crippen molar-refractivity contribution in [3.63, 3.8) is 0 Å². The molecule has 0 aliphatic heterocycles. The van der Waals surface area contributed by atoms with Crippen molar-refractivity contribution < 1.29 is 5.11 Å². The Bertz CT molecular complexity index is 592. The second-order valence-electron chi connectivity index (χ2n) is 5.70. The first-order valence-electron chi connectivity index (χ1n) is 7.65. The van der Waals surface area contributed by atoms with Crippen LogP contribution < -0.4 is 0 Å². The van der Waals surface area contributed by atoms with E-state index in [1.54, 1.807) is 0 Å². The van der Waals surface area contributed by atoms with Crippen molar-refractivity contribution in [1.82, 2.24) is 14.7 Å². The molecule has 4 nitrogen and oxygen atoms in total. The van der Waals surface area contributed by atoms with Gasteiger partial charge in [-0.3, -0.25) is 4.68 Å². The van der Waals surface area contributed by atoms with Crippen LogP contribution >= 0.6 is 0 Å². The van der Waals surface area contributed by atoms with Gasteiger partial charge in [0.15, 0.2) is 0 Å². The van der Waals surface area contributed by atoms with Crippen molar-refractivity contribution in [3.05, 3.63) is 66.0 Å². The predicted octanol–water partition coefficient (Wildman–Crippen LogP) is 2.93. The Kier molecular flexibility index (Phi) is 5.92. The highest BCUT2D eigenvalue weighted by Gasteiger charge is 2.11. The summed E-state index contributed by atoms with van der Waals surface area (Å²) in [6.07, 6.45) is 4.23. The number of aryl methyl sites for hydroxylation is 1. The predicted molar refractivity (Wildman–Crippen MR) is 89.5 cm³/mol. The highest BCUT2D eigenvalue weighted by atomic mass is 16.3. The van der Waals surface area contributed by atoms with Crippen molar-refractivity contribution in [2.75, 3.05) is 13.6 Å². The Balaban J connectivity index is 1.85. The summed E-state index contributed by atoms with van der Waals surface area (Å²) in [7, 11) is 2.07. The second kappa shape index (κ2) is 7.92. The fourth-order valence-electron chi connectivity index (χ4n) is 2.49. The van der Waals surface area contributed by atoms with Crippen LogP contribution in [0.1, 0.15) is 29.3 Å². The molecule has 1 aromatic carbocycles. The first-order valence-corrected chi connectivity index (χ1v) is 7.65. The molecule has 2 aromatic rings. The molecule has 4 heteroatoms. The van der Waals surface area contributed by atoms with Gasteiger partial charge in [-0.15, -0.1) is 6.58 Å². The molecule has 0 saturated carbocycles. The van der Waals surface area contributed by atoms with Gasteiger partial charge in [0.05, 0.1) is 18.3 Å². The SMILES string of the molecule is C=CCn1cc(CN(C)CCC(O)c2ccccc2)c(C)n1. The van der Waals surface area contributed by atoms with Gasteiger partial charge in [0.25, 0.3) is 0 Å². The standard InChI is InChI=1S/C18H25N3O/c1-4-11-21-14-17(15(2)19-21)13-20(3)12-10-18(22)16-8-6-5-7-9-16/h4-9,14,18,22H,1,10-13H2,2-3H3. The van der Waals surface area contributed by atoms with Crippen LogP contribution in [0.25, 0.3) is 0 Å². The van der Waals surface area contributed by atoms with E-state index >= 15 is 0 Å². The Morgan fingerprint density at radius 1 is 1.36 bits per heavy atom. The zero-order valence-electron chi connectivity index (χ0n) is 13.4.